The summed E-state index contributed by atoms with van der Waals surface area (Å²) in [6.45, 7) is 0. The zero-order valence-electron chi connectivity index (χ0n) is 4.35. The van der Waals surface area contributed by atoms with Crippen LogP contribution in [0.3, 0.4) is 0 Å². The lowest BCUT2D eigenvalue weighted by atomic mass is 10.5. The smallest absolute Gasteiger partial charge is 0.266 e. The van der Waals surface area contributed by atoms with Gasteiger partial charge in [0.15, 0.2) is 0 Å². The first kappa shape index (κ1) is 6.77. The molecule has 1 amide bonds. The highest BCUT2D eigenvalue weighted by Crippen LogP contribution is 2.18. The van der Waals surface area contributed by atoms with Gasteiger partial charge in [-0.3, -0.25) is 10.5 Å². The Labute approximate surface area is 64.8 Å². The summed E-state index contributed by atoms with van der Waals surface area (Å²) in [7, 11) is 0. The topological polar surface area (TPSA) is 40.9 Å². The Morgan fingerprint density at radius 2 is 2.44 bits per heavy atom. The zero-order valence-corrected chi connectivity index (χ0v) is 6.75. The van der Waals surface area contributed by atoms with Crippen LogP contribution in [0.5, 0.6) is 0 Å². The Morgan fingerprint density at radius 3 is 2.67 bits per heavy atom. The molecule has 4 heteroatoms. The number of nitrogens with one attached hydrogen (secondary N) is 1. The van der Waals surface area contributed by atoms with Gasteiger partial charge in [-0.1, -0.05) is 0 Å². The van der Waals surface area contributed by atoms with Gasteiger partial charge in [-0.05, 0) is 22.0 Å². The summed E-state index contributed by atoms with van der Waals surface area (Å²) in [5, 5.41) is 1.78. The van der Waals surface area contributed by atoms with E-state index in [2.05, 4.69) is 15.9 Å². The van der Waals surface area contributed by atoms with Crippen LogP contribution in [0.15, 0.2) is 15.9 Å². The number of carbonyl (C=O) groups is 1. The second-order valence-electron chi connectivity index (χ2n) is 1.46. The van der Waals surface area contributed by atoms with E-state index < -0.39 is 5.91 Å². The molecular weight excluding hydrogens is 202 g/mol. The van der Waals surface area contributed by atoms with E-state index >= 15 is 0 Å². The van der Waals surface area contributed by atoms with Gasteiger partial charge in [0.05, 0.1) is 4.88 Å². The molecule has 0 atom stereocenters. The van der Waals surface area contributed by atoms with E-state index in [1.54, 1.807) is 11.4 Å². The number of carbonyl (C=O) groups excluding carboxylic acids is 1. The maximum atomic E-state index is 10.3. The fourth-order valence-electron chi connectivity index (χ4n) is 0.432. The molecule has 0 aliphatic carbocycles. The lowest BCUT2D eigenvalue weighted by molar-refractivity contribution is 0.0996. The Kier molecular flexibility index (Phi) is 1.87. The van der Waals surface area contributed by atoms with Gasteiger partial charge >= 0.3 is 0 Å². The molecule has 0 aromatic carbocycles. The molecule has 9 heavy (non-hydrogen) atoms. The van der Waals surface area contributed by atoms with Crippen LogP contribution in [0.25, 0.3) is 0 Å². The molecule has 0 bridgehead atoms. The van der Waals surface area contributed by atoms with Gasteiger partial charge in [0.1, 0.15) is 0 Å². The molecule has 0 aliphatic rings. The third kappa shape index (κ3) is 1.53. The molecule has 0 saturated heterocycles. The van der Waals surface area contributed by atoms with Crippen LogP contribution < -0.4 is 5.73 Å². The molecule has 1 N–H and O–H groups in total. The summed E-state index contributed by atoms with van der Waals surface area (Å²) in [5.74, 6) is -0.620. The Morgan fingerprint density at radius 1 is 1.78 bits per heavy atom. The molecule has 47 valence electrons. The van der Waals surface area contributed by atoms with Crippen molar-refractivity contribution in [3.05, 3.63) is 20.8 Å². The molecule has 1 aromatic rings. The highest BCUT2D eigenvalue weighted by molar-refractivity contribution is 9.10. The van der Waals surface area contributed by atoms with E-state index in [4.69, 9.17) is 5.73 Å². The summed E-state index contributed by atoms with van der Waals surface area (Å²) in [6.07, 6.45) is 0. The van der Waals surface area contributed by atoms with Crippen LogP contribution in [0, 0.1) is 0 Å². The van der Waals surface area contributed by atoms with Crippen LogP contribution in [-0.2, 0) is 0 Å². The van der Waals surface area contributed by atoms with Crippen LogP contribution in [-0.4, -0.2) is 5.91 Å². The minimum Gasteiger partial charge on any atom is -0.266 e. The fourth-order valence-corrected chi connectivity index (χ4v) is 1.70. The third-order valence-corrected chi connectivity index (χ3v) is 2.48. The highest BCUT2D eigenvalue weighted by atomic mass is 79.9. The number of thiophene rings is 1. The van der Waals surface area contributed by atoms with E-state index in [1.807, 2.05) is 0 Å². The minimum atomic E-state index is -0.620. The molecular formula is C5H3BrNOS. The first-order valence-electron chi connectivity index (χ1n) is 2.20. The predicted octanol–water partition coefficient (Wildman–Crippen LogP) is 1.93. The van der Waals surface area contributed by atoms with Crippen molar-refractivity contribution in [2.24, 2.45) is 0 Å². The molecule has 1 radical (unpaired) electrons. The SMILES string of the molecule is [NH]C(=O)c1cc(Br)cs1. The summed E-state index contributed by atoms with van der Waals surface area (Å²) in [5.41, 5.74) is 6.68. The molecule has 1 heterocycles. The summed E-state index contributed by atoms with van der Waals surface area (Å²) in [4.78, 5) is 10.8. The van der Waals surface area contributed by atoms with Gasteiger partial charge < -0.3 is 0 Å². The lowest BCUT2D eigenvalue weighted by Crippen LogP contribution is -1.93. The van der Waals surface area contributed by atoms with E-state index in [0.29, 0.717) is 4.88 Å². The molecule has 1 aromatic heterocycles. The largest absolute Gasteiger partial charge is 0.279 e. The van der Waals surface area contributed by atoms with E-state index in [1.165, 1.54) is 11.3 Å². The summed E-state index contributed by atoms with van der Waals surface area (Å²) in [6, 6.07) is 1.64. The standard InChI is InChI=1S/C5H3BrNOS/c6-3-1-4(5(7)8)9-2-3/h1-2,7H. The molecule has 0 fully saturated rings. The summed E-state index contributed by atoms with van der Waals surface area (Å²) >= 11 is 4.45. The maximum Gasteiger partial charge on any atom is 0.279 e. The van der Waals surface area contributed by atoms with Gasteiger partial charge in [0, 0.05) is 9.85 Å². The van der Waals surface area contributed by atoms with E-state index in [0.717, 1.165) is 4.47 Å². The van der Waals surface area contributed by atoms with Gasteiger partial charge in [-0.25, -0.2) is 0 Å². The van der Waals surface area contributed by atoms with Crippen molar-refractivity contribution in [2.45, 2.75) is 0 Å². The van der Waals surface area contributed by atoms with Gasteiger partial charge in [-0.15, -0.1) is 11.3 Å². The number of halogens is 1. The van der Waals surface area contributed by atoms with Crippen molar-refractivity contribution >= 4 is 33.2 Å². The van der Waals surface area contributed by atoms with Crippen molar-refractivity contribution < 1.29 is 4.79 Å². The molecule has 1 rings (SSSR count). The molecule has 0 unspecified atom stereocenters. The monoisotopic (exact) mass is 204 g/mol. The maximum absolute atomic E-state index is 10.3. The van der Waals surface area contributed by atoms with Crippen LogP contribution in [0.1, 0.15) is 9.67 Å². The van der Waals surface area contributed by atoms with E-state index in [-0.39, 0.29) is 0 Å². The molecule has 0 aliphatic heterocycles. The normalized spacial score (nSPS) is 9.44. The average molecular weight is 205 g/mol. The first-order valence-corrected chi connectivity index (χ1v) is 3.87. The van der Waals surface area contributed by atoms with Crippen LogP contribution >= 0.6 is 27.3 Å². The van der Waals surface area contributed by atoms with Crippen molar-refractivity contribution in [1.29, 1.82) is 0 Å². The lowest BCUT2D eigenvalue weighted by Gasteiger charge is -1.78. The Bertz CT molecular complexity index is 233. The first-order chi connectivity index (χ1) is 4.20. The van der Waals surface area contributed by atoms with Crippen molar-refractivity contribution in [1.82, 2.24) is 5.73 Å². The number of hydrogen-bond donors (Lipinski definition) is 0. The quantitative estimate of drug-likeness (QED) is 0.690. The number of amides is 1. The Hall–Kier alpha value is -0.350. The number of rotatable bonds is 1. The average Bonchev–Trinajstić information content (AvgIpc) is 2.14. The fraction of sp³-hybridized carbons (Fsp3) is 0. The third-order valence-electron chi connectivity index (χ3n) is 0.791. The summed E-state index contributed by atoms with van der Waals surface area (Å²) < 4.78 is 0.864. The molecule has 0 saturated carbocycles. The van der Waals surface area contributed by atoms with Gasteiger partial charge in [0.2, 0.25) is 0 Å². The zero-order chi connectivity index (χ0) is 6.85. The molecule has 2 nitrogen and oxygen atoms in total. The number of hydrogen-bond acceptors (Lipinski definition) is 2. The second-order valence-corrected chi connectivity index (χ2v) is 3.29. The highest BCUT2D eigenvalue weighted by Gasteiger charge is 2.02. The predicted molar refractivity (Wildman–Crippen MR) is 39.4 cm³/mol. The van der Waals surface area contributed by atoms with Gasteiger partial charge in [0.25, 0.3) is 5.91 Å². The van der Waals surface area contributed by atoms with Crippen LogP contribution in [0.4, 0.5) is 0 Å². The van der Waals surface area contributed by atoms with Crippen molar-refractivity contribution in [2.75, 3.05) is 0 Å². The molecule has 0 spiro atoms. The van der Waals surface area contributed by atoms with Crippen LogP contribution in [0.2, 0.25) is 0 Å². The van der Waals surface area contributed by atoms with Gasteiger partial charge in [-0.2, -0.15) is 0 Å². The van der Waals surface area contributed by atoms with E-state index in [9.17, 15) is 4.79 Å². The second kappa shape index (κ2) is 2.49. The van der Waals surface area contributed by atoms with Crippen molar-refractivity contribution in [3.63, 3.8) is 0 Å². The van der Waals surface area contributed by atoms with Crippen molar-refractivity contribution in [3.8, 4) is 0 Å². The Balaban J connectivity index is 2.98. The minimum absolute atomic E-state index is 0.474.